The largest absolute Gasteiger partial charge is 0.494 e. The summed E-state index contributed by atoms with van der Waals surface area (Å²) in [5.41, 5.74) is 0.00673. The van der Waals surface area contributed by atoms with E-state index >= 15 is 0 Å². The molecule has 24 heavy (non-hydrogen) atoms. The minimum absolute atomic E-state index is 0.0674. The van der Waals surface area contributed by atoms with Crippen molar-refractivity contribution in [3.8, 4) is 0 Å². The van der Waals surface area contributed by atoms with Gasteiger partial charge in [0.05, 0.1) is 16.1 Å². The van der Waals surface area contributed by atoms with Crippen molar-refractivity contribution in [1.82, 2.24) is 4.72 Å². The Kier molecular flexibility index (Phi) is 4.58. The van der Waals surface area contributed by atoms with Crippen molar-refractivity contribution in [2.24, 2.45) is 0 Å². The molecule has 1 aromatic rings. The van der Waals surface area contributed by atoms with Gasteiger partial charge in [-0.2, -0.15) is 0 Å². The van der Waals surface area contributed by atoms with E-state index in [-0.39, 0.29) is 10.9 Å². The topological polar surface area (TPSA) is 64.6 Å². The van der Waals surface area contributed by atoms with E-state index in [2.05, 4.69) is 4.72 Å². The molecular formula is C17H26BNO4S. The normalized spacial score (nSPS) is 23.8. The highest BCUT2D eigenvalue weighted by atomic mass is 32.2. The molecule has 1 aliphatic carbocycles. The van der Waals surface area contributed by atoms with E-state index < -0.39 is 28.3 Å². The molecule has 0 radical (unpaired) electrons. The molecule has 1 heterocycles. The fourth-order valence-corrected chi connectivity index (χ4v) is 4.42. The van der Waals surface area contributed by atoms with Crippen LogP contribution in [-0.4, -0.2) is 32.8 Å². The van der Waals surface area contributed by atoms with E-state index in [9.17, 15) is 8.42 Å². The highest BCUT2D eigenvalue weighted by Crippen LogP contribution is 2.36. The molecule has 1 saturated heterocycles. The summed E-state index contributed by atoms with van der Waals surface area (Å²) in [5.74, 6) is 0. The molecule has 1 aliphatic heterocycles. The fraction of sp³-hybridized carbons (Fsp3) is 0.647. The van der Waals surface area contributed by atoms with Crippen LogP contribution in [0.5, 0.6) is 0 Å². The lowest BCUT2D eigenvalue weighted by Gasteiger charge is -2.32. The second kappa shape index (κ2) is 6.13. The van der Waals surface area contributed by atoms with Crippen molar-refractivity contribution in [3.05, 3.63) is 24.3 Å². The maximum absolute atomic E-state index is 12.5. The highest BCUT2D eigenvalue weighted by molar-refractivity contribution is 7.89. The zero-order chi connectivity index (χ0) is 17.6. The van der Waals surface area contributed by atoms with Gasteiger partial charge in [0.15, 0.2) is 0 Å². The van der Waals surface area contributed by atoms with Crippen molar-refractivity contribution < 1.29 is 17.7 Å². The molecule has 1 N–H and O–H groups in total. The van der Waals surface area contributed by atoms with Gasteiger partial charge in [0.1, 0.15) is 0 Å². The molecule has 7 heteroatoms. The molecule has 1 aromatic carbocycles. The molecule has 3 rings (SSSR count). The quantitative estimate of drug-likeness (QED) is 0.845. The predicted octanol–water partition coefficient (Wildman–Crippen LogP) is 2.21. The Morgan fingerprint density at radius 3 is 2.00 bits per heavy atom. The molecule has 132 valence electrons. The summed E-state index contributed by atoms with van der Waals surface area (Å²) in [6.07, 6.45) is 4.03. The standard InChI is InChI=1S/C17H26BNO4S/c1-16(2)17(3,4)23-18(22-16)13-9-11-15(12-10-13)24(20,21)19-14-7-5-6-8-14/h9-12,14,19H,5-8H2,1-4H3. The molecular weight excluding hydrogens is 325 g/mol. The maximum Gasteiger partial charge on any atom is 0.494 e. The first-order chi connectivity index (χ1) is 11.1. The molecule has 0 amide bonds. The Morgan fingerprint density at radius 1 is 1.00 bits per heavy atom. The van der Waals surface area contributed by atoms with Crippen LogP contribution in [-0.2, 0) is 19.3 Å². The number of sulfonamides is 1. The Labute approximate surface area is 145 Å². The maximum atomic E-state index is 12.5. The molecule has 2 fully saturated rings. The summed E-state index contributed by atoms with van der Waals surface area (Å²) in [5, 5.41) is 0. The first-order valence-electron chi connectivity index (χ1n) is 8.59. The van der Waals surface area contributed by atoms with Gasteiger partial charge in [-0.05, 0) is 58.1 Å². The van der Waals surface area contributed by atoms with Gasteiger partial charge in [0.2, 0.25) is 10.0 Å². The molecule has 0 unspecified atom stereocenters. The van der Waals surface area contributed by atoms with Crippen LogP contribution in [0.2, 0.25) is 0 Å². The van der Waals surface area contributed by atoms with Gasteiger partial charge in [-0.15, -0.1) is 0 Å². The van der Waals surface area contributed by atoms with Crippen LogP contribution in [0.25, 0.3) is 0 Å². The third-order valence-electron chi connectivity index (χ3n) is 5.39. The fourth-order valence-electron chi connectivity index (χ4n) is 3.11. The minimum atomic E-state index is -3.46. The average Bonchev–Trinajstić information content (AvgIpc) is 3.05. The summed E-state index contributed by atoms with van der Waals surface area (Å²) in [6.45, 7) is 7.99. The lowest BCUT2D eigenvalue weighted by molar-refractivity contribution is 0.00578. The van der Waals surface area contributed by atoms with Gasteiger partial charge >= 0.3 is 7.12 Å². The van der Waals surface area contributed by atoms with Gasteiger partial charge in [0, 0.05) is 6.04 Å². The Bertz CT molecular complexity index is 678. The molecule has 1 saturated carbocycles. The second-order valence-electron chi connectivity index (χ2n) is 7.76. The Balaban J connectivity index is 1.74. The van der Waals surface area contributed by atoms with Crippen LogP contribution >= 0.6 is 0 Å². The van der Waals surface area contributed by atoms with Crippen LogP contribution in [0.3, 0.4) is 0 Å². The van der Waals surface area contributed by atoms with Crippen LogP contribution in [0.1, 0.15) is 53.4 Å². The Morgan fingerprint density at radius 2 is 1.50 bits per heavy atom. The smallest absolute Gasteiger partial charge is 0.399 e. The van der Waals surface area contributed by atoms with Crippen LogP contribution in [0, 0.1) is 0 Å². The number of hydrogen-bond acceptors (Lipinski definition) is 4. The molecule has 0 aromatic heterocycles. The van der Waals surface area contributed by atoms with Gasteiger partial charge in [0.25, 0.3) is 0 Å². The summed E-state index contributed by atoms with van der Waals surface area (Å²) < 4.78 is 39.7. The van der Waals surface area contributed by atoms with Crippen molar-refractivity contribution in [2.45, 2.75) is 75.5 Å². The van der Waals surface area contributed by atoms with E-state index in [4.69, 9.17) is 9.31 Å². The van der Waals surface area contributed by atoms with E-state index in [1.54, 1.807) is 24.3 Å². The second-order valence-corrected chi connectivity index (χ2v) is 9.47. The van der Waals surface area contributed by atoms with Gasteiger partial charge < -0.3 is 9.31 Å². The van der Waals surface area contributed by atoms with E-state index in [1.165, 1.54) is 0 Å². The van der Waals surface area contributed by atoms with Gasteiger partial charge in [-0.1, -0.05) is 25.0 Å². The zero-order valence-corrected chi connectivity index (χ0v) is 15.7. The lowest BCUT2D eigenvalue weighted by atomic mass is 9.79. The summed E-state index contributed by atoms with van der Waals surface area (Å²) in [7, 11) is -3.94. The summed E-state index contributed by atoms with van der Waals surface area (Å²) in [6, 6.07) is 6.85. The first-order valence-corrected chi connectivity index (χ1v) is 10.1. The number of hydrogen-bond donors (Lipinski definition) is 1. The van der Waals surface area contributed by atoms with E-state index in [1.807, 2.05) is 27.7 Å². The molecule has 2 aliphatic rings. The Hall–Kier alpha value is -0.885. The number of nitrogens with one attached hydrogen (secondary N) is 1. The predicted molar refractivity (Wildman–Crippen MR) is 94.7 cm³/mol. The van der Waals surface area contributed by atoms with Crippen molar-refractivity contribution in [3.63, 3.8) is 0 Å². The SMILES string of the molecule is CC1(C)OB(c2ccc(S(=O)(=O)NC3CCCC3)cc2)OC1(C)C. The van der Waals surface area contributed by atoms with Gasteiger partial charge in [-0.3, -0.25) is 0 Å². The van der Waals surface area contributed by atoms with Crippen molar-refractivity contribution in [1.29, 1.82) is 0 Å². The monoisotopic (exact) mass is 351 g/mol. The highest BCUT2D eigenvalue weighted by Gasteiger charge is 2.51. The molecule has 0 spiro atoms. The zero-order valence-electron chi connectivity index (χ0n) is 14.8. The van der Waals surface area contributed by atoms with Crippen molar-refractivity contribution >= 4 is 22.6 Å². The van der Waals surface area contributed by atoms with Crippen LogP contribution < -0.4 is 10.2 Å². The molecule has 0 atom stereocenters. The summed E-state index contributed by atoms with van der Waals surface area (Å²) in [4.78, 5) is 0.287. The first kappa shape index (κ1) is 17.9. The third kappa shape index (κ3) is 3.40. The van der Waals surface area contributed by atoms with Crippen LogP contribution in [0.15, 0.2) is 29.2 Å². The number of rotatable bonds is 4. The van der Waals surface area contributed by atoms with E-state index in [0.717, 1.165) is 31.1 Å². The molecule has 0 bridgehead atoms. The minimum Gasteiger partial charge on any atom is -0.399 e. The average molecular weight is 351 g/mol. The van der Waals surface area contributed by atoms with Crippen molar-refractivity contribution in [2.75, 3.05) is 0 Å². The summed E-state index contributed by atoms with van der Waals surface area (Å²) >= 11 is 0. The molecule has 5 nitrogen and oxygen atoms in total. The lowest BCUT2D eigenvalue weighted by Crippen LogP contribution is -2.41. The number of benzene rings is 1. The van der Waals surface area contributed by atoms with E-state index in [0.29, 0.717) is 0 Å². The van der Waals surface area contributed by atoms with Crippen LogP contribution in [0.4, 0.5) is 0 Å². The van der Waals surface area contributed by atoms with Gasteiger partial charge in [-0.25, -0.2) is 13.1 Å². The third-order valence-corrected chi connectivity index (χ3v) is 6.93.